The number of nitrogens with one attached hydrogen (secondary N) is 1. The van der Waals surface area contributed by atoms with Gasteiger partial charge >= 0.3 is 0 Å². The van der Waals surface area contributed by atoms with Gasteiger partial charge in [-0.2, -0.15) is 5.10 Å². The number of benzene rings is 1. The Morgan fingerprint density at radius 3 is 2.84 bits per heavy atom. The number of nitrogens with zero attached hydrogens (tertiary/aromatic N) is 4. The summed E-state index contributed by atoms with van der Waals surface area (Å²) < 4.78 is 1.30. The van der Waals surface area contributed by atoms with Crippen molar-refractivity contribution < 1.29 is 10.2 Å². The van der Waals surface area contributed by atoms with Gasteiger partial charge in [0.2, 0.25) is 0 Å². The molecule has 0 saturated carbocycles. The number of hydrogen-bond donors (Lipinski definition) is 4. The minimum atomic E-state index is -0.0750. The first-order valence-corrected chi connectivity index (χ1v) is 5.62. The molecular formula is C11H14N6O2. The van der Waals surface area contributed by atoms with E-state index in [1.54, 1.807) is 0 Å². The van der Waals surface area contributed by atoms with Crippen LogP contribution in [0.3, 0.4) is 0 Å². The van der Waals surface area contributed by atoms with Crippen LogP contribution in [0.4, 0.5) is 5.95 Å². The van der Waals surface area contributed by atoms with Crippen molar-refractivity contribution in [2.45, 2.75) is 13.3 Å². The predicted molar refractivity (Wildman–Crippen MR) is 70.5 cm³/mol. The fourth-order valence-electron chi connectivity index (χ4n) is 1.44. The Balaban J connectivity index is 2.09. The van der Waals surface area contributed by atoms with Gasteiger partial charge in [-0.3, -0.25) is 0 Å². The molecule has 100 valence electrons. The number of anilines is 1. The lowest BCUT2D eigenvalue weighted by molar-refractivity contribution is 0.450. The number of aromatic hydroxyl groups is 2. The van der Waals surface area contributed by atoms with Crippen LogP contribution in [0.15, 0.2) is 23.3 Å². The monoisotopic (exact) mass is 262 g/mol. The maximum atomic E-state index is 9.55. The summed E-state index contributed by atoms with van der Waals surface area (Å²) in [6.07, 6.45) is 2.04. The van der Waals surface area contributed by atoms with Crippen LogP contribution in [0.5, 0.6) is 11.5 Å². The van der Waals surface area contributed by atoms with E-state index in [0.29, 0.717) is 23.8 Å². The second-order valence-corrected chi connectivity index (χ2v) is 3.78. The summed E-state index contributed by atoms with van der Waals surface area (Å²) in [4.78, 5) is 0. The van der Waals surface area contributed by atoms with Crippen molar-refractivity contribution >= 4 is 12.2 Å². The van der Waals surface area contributed by atoms with Crippen LogP contribution >= 0.6 is 0 Å². The van der Waals surface area contributed by atoms with Gasteiger partial charge < -0.3 is 16.1 Å². The minimum absolute atomic E-state index is 0.0168. The van der Waals surface area contributed by atoms with Gasteiger partial charge in [0, 0.05) is 18.1 Å². The third-order valence-corrected chi connectivity index (χ3v) is 2.46. The zero-order valence-corrected chi connectivity index (χ0v) is 10.3. The number of rotatable bonds is 4. The maximum absolute atomic E-state index is 9.55. The number of phenols is 2. The Kier molecular flexibility index (Phi) is 3.51. The lowest BCUT2D eigenvalue weighted by Gasteiger charge is -2.01. The average molecular weight is 262 g/mol. The Morgan fingerprint density at radius 1 is 1.42 bits per heavy atom. The topological polar surface area (TPSA) is 122 Å². The number of nitrogens with two attached hydrogens (primary N) is 1. The van der Waals surface area contributed by atoms with Crippen LogP contribution in [-0.2, 0) is 6.42 Å². The minimum Gasteiger partial charge on any atom is -0.508 e. The maximum Gasteiger partial charge on any atom is 0.263 e. The van der Waals surface area contributed by atoms with Crippen molar-refractivity contribution in [3.05, 3.63) is 29.6 Å². The van der Waals surface area contributed by atoms with Crippen LogP contribution in [0.25, 0.3) is 0 Å². The molecule has 5 N–H and O–H groups in total. The Hall–Kier alpha value is -2.77. The van der Waals surface area contributed by atoms with Gasteiger partial charge in [-0.1, -0.05) is 6.92 Å². The third kappa shape index (κ3) is 2.73. The van der Waals surface area contributed by atoms with E-state index in [0.717, 1.165) is 0 Å². The van der Waals surface area contributed by atoms with Gasteiger partial charge in [-0.25, -0.2) is 10.1 Å². The highest BCUT2D eigenvalue weighted by molar-refractivity contribution is 5.84. The Labute approximate surface area is 109 Å². The molecule has 0 radical (unpaired) electrons. The third-order valence-electron chi connectivity index (χ3n) is 2.46. The van der Waals surface area contributed by atoms with Gasteiger partial charge in [0.15, 0.2) is 5.82 Å². The molecule has 8 nitrogen and oxygen atoms in total. The highest BCUT2D eigenvalue weighted by Crippen LogP contribution is 2.20. The van der Waals surface area contributed by atoms with E-state index in [1.807, 2.05) is 6.92 Å². The van der Waals surface area contributed by atoms with Crippen molar-refractivity contribution in [1.82, 2.24) is 14.9 Å². The summed E-state index contributed by atoms with van der Waals surface area (Å²) >= 11 is 0. The second-order valence-electron chi connectivity index (χ2n) is 3.78. The van der Waals surface area contributed by atoms with E-state index < -0.39 is 0 Å². The predicted octanol–water partition coefficient (Wildman–Crippen LogP) is 0.412. The molecule has 0 bridgehead atoms. The first-order chi connectivity index (χ1) is 9.11. The molecule has 0 unspecified atom stereocenters. The van der Waals surface area contributed by atoms with E-state index in [9.17, 15) is 5.11 Å². The second kappa shape index (κ2) is 5.25. The van der Waals surface area contributed by atoms with Crippen molar-refractivity contribution in [1.29, 1.82) is 0 Å². The summed E-state index contributed by atoms with van der Waals surface area (Å²) in [6.45, 7) is 1.91. The average Bonchev–Trinajstić information content (AvgIpc) is 2.73. The molecule has 0 fully saturated rings. The van der Waals surface area contributed by atoms with Crippen molar-refractivity contribution in [3.8, 4) is 11.5 Å². The van der Waals surface area contributed by atoms with Crippen LogP contribution in [0.2, 0.25) is 0 Å². The summed E-state index contributed by atoms with van der Waals surface area (Å²) in [7, 11) is 0. The van der Waals surface area contributed by atoms with Gasteiger partial charge in [-0.15, -0.1) is 10.2 Å². The fraction of sp³-hybridized carbons (Fsp3) is 0.182. The van der Waals surface area contributed by atoms with E-state index in [-0.39, 0.29) is 11.5 Å². The van der Waals surface area contributed by atoms with E-state index >= 15 is 0 Å². The molecule has 0 aliphatic rings. The molecule has 1 heterocycles. The molecule has 8 heteroatoms. The quantitative estimate of drug-likeness (QED) is 0.360. The molecule has 0 aliphatic heterocycles. The van der Waals surface area contributed by atoms with E-state index in [4.69, 9.17) is 10.9 Å². The van der Waals surface area contributed by atoms with Gasteiger partial charge in [0.1, 0.15) is 11.5 Å². The smallest absolute Gasteiger partial charge is 0.263 e. The van der Waals surface area contributed by atoms with Gasteiger partial charge in [0.25, 0.3) is 5.95 Å². The van der Waals surface area contributed by atoms with E-state index in [1.165, 1.54) is 29.1 Å². The summed E-state index contributed by atoms with van der Waals surface area (Å²) in [5.41, 5.74) is 3.07. The Bertz CT molecular complexity index is 607. The molecule has 2 aromatic rings. The fourth-order valence-corrected chi connectivity index (χ4v) is 1.44. The number of aryl methyl sites for hydroxylation is 1. The standard InChI is InChI=1S/C11H14N6O2/c1-2-10-14-16-11(17(10)12)15-13-6-7-3-4-8(18)5-9(7)19/h3-6,18-19H,2,12H2,1H3,(H,15,16). The molecule has 0 amide bonds. The lowest BCUT2D eigenvalue weighted by atomic mass is 10.2. The lowest BCUT2D eigenvalue weighted by Crippen LogP contribution is -2.14. The first-order valence-electron chi connectivity index (χ1n) is 5.62. The van der Waals surface area contributed by atoms with Crippen molar-refractivity contribution in [2.24, 2.45) is 5.10 Å². The molecule has 1 aromatic heterocycles. The molecule has 2 rings (SSSR count). The van der Waals surface area contributed by atoms with Crippen molar-refractivity contribution in [2.75, 3.05) is 11.3 Å². The summed E-state index contributed by atoms with van der Waals surface area (Å²) in [5.74, 6) is 6.55. The van der Waals surface area contributed by atoms with Gasteiger partial charge in [-0.05, 0) is 12.1 Å². The molecule has 19 heavy (non-hydrogen) atoms. The zero-order chi connectivity index (χ0) is 13.8. The SMILES string of the molecule is CCc1nnc(NN=Cc2ccc(O)cc2O)n1N. The van der Waals surface area contributed by atoms with E-state index in [2.05, 4.69) is 20.7 Å². The van der Waals surface area contributed by atoms with Crippen LogP contribution in [0.1, 0.15) is 18.3 Å². The molecular weight excluding hydrogens is 248 g/mol. The largest absolute Gasteiger partial charge is 0.508 e. The number of hydrogen-bond acceptors (Lipinski definition) is 7. The molecule has 0 spiro atoms. The number of aromatic nitrogens is 3. The summed E-state index contributed by atoms with van der Waals surface area (Å²) in [5, 5.41) is 30.3. The molecule has 1 aromatic carbocycles. The molecule has 0 aliphatic carbocycles. The highest BCUT2D eigenvalue weighted by Gasteiger charge is 2.06. The molecule has 0 atom stereocenters. The van der Waals surface area contributed by atoms with Crippen LogP contribution < -0.4 is 11.3 Å². The van der Waals surface area contributed by atoms with Crippen LogP contribution in [0, 0.1) is 0 Å². The number of nitrogen functional groups attached to an aromatic ring is 1. The normalized spacial score (nSPS) is 11.0. The first kappa shape index (κ1) is 12.7. The Morgan fingerprint density at radius 2 is 2.21 bits per heavy atom. The zero-order valence-electron chi connectivity index (χ0n) is 10.3. The van der Waals surface area contributed by atoms with Crippen molar-refractivity contribution in [3.63, 3.8) is 0 Å². The van der Waals surface area contributed by atoms with Crippen LogP contribution in [-0.4, -0.2) is 31.3 Å². The number of hydrazone groups is 1. The number of phenolic OH excluding ortho intramolecular Hbond substituents is 2. The van der Waals surface area contributed by atoms with Gasteiger partial charge in [0.05, 0.1) is 6.21 Å². The summed E-state index contributed by atoms with van der Waals surface area (Å²) in [6, 6.07) is 4.20. The molecule has 0 saturated heterocycles. The highest BCUT2D eigenvalue weighted by atomic mass is 16.3.